The molecule has 0 aliphatic rings. The molecule has 8 nitrogen and oxygen atoms in total. The summed E-state index contributed by atoms with van der Waals surface area (Å²) in [6, 6.07) is 0. The second-order valence-corrected chi connectivity index (χ2v) is 5.05. The molecule has 8 heteroatoms. The number of carbonyl (C=O) groups excluding carboxylic acids is 2. The third-order valence-electron chi connectivity index (χ3n) is 2.96. The highest BCUT2D eigenvalue weighted by molar-refractivity contribution is 5.94. The summed E-state index contributed by atoms with van der Waals surface area (Å²) in [5.41, 5.74) is 0. The average molecular weight is 340 g/mol. The first kappa shape index (κ1) is 21.4. The molecule has 0 saturated carbocycles. The molecule has 0 aliphatic heterocycles. The zero-order valence-corrected chi connectivity index (χ0v) is 13.5. The van der Waals surface area contributed by atoms with Gasteiger partial charge in [0.1, 0.15) is 0 Å². The lowest BCUT2D eigenvalue weighted by Gasteiger charge is -2.04. The van der Waals surface area contributed by atoms with Crippen LogP contribution in [0, 0.1) is 0 Å². The zero-order valence-electron chi connectivity index (χ0n) is 13.5. The predicted molar refractivity (Wildman–Crippen MR) is 87.3 cm³/mol. The van der Waals surface area contributed by atoms with Gasteiger partial charge in [-0.3, -0.25) is 9.59 Å². The van der Waals surface area contributed by atoms with E-state index in [0.717, 1.165) is 62.8 Å². The normalized spacial score (nSPS) is 10.8. The van der Waals surface area contributed by atoms with E-state index in [-0.39, 0.29) is 0 Å². The molecule has 2 amide bonds. The van der Waals surface area contributed by atoms with Crippen LogP contribution in [-0.2, 0) is 19.2 Å². The van der Waals surface area contributed by atoms with Crippen molar-refractivity contribution in [1.82, 2.24) is 10.6 Å². The summed E-state index contributed by atoms with van der Waals surface area (Å²) in [6.07, 6.45) is 9.14. The van der Waals surface area contributed by atoms with Crippen molar-refractivity contribution in [1.29, 1.82) is 0 Å². The van der Waals surface area contributed by atoms with E-state index in [1.54, 1.807) is 0 Å². The maximum absolute atomic E-state index is 11.2. The molecule has 0 fully saturated rings. The molecule has 0 heterocycles. The Morgan fingerprint density at radius 1 is 0.583 bits per heavy atom. The molecule has 0 unspecified atom stereocenters. The number of nitrogens with one attached hydrogen (secondary N) is 2. The monoisotopic (exact) mass is 340 g/mol. The predicted octanol–water partition coefficient (Wildman–Crippen LogP) is 0.841. The maximum Gasteiger partial charge on any atom is 0.328 e. The summed E-state index contributed by atoms with van der Waals surface area (Å²) in [6.45, 7) is 1.02. The number of hydrogen-bond donors (Lipinski definition) is 4. The maximum atomic E-state index is 11.2. The highest BCUT2D eigenvalue weighted by atomic mass is 16.4. The Morgan fingerprint density at radius 3 is 1.25 bits per heavy atom. The van der Waals surface area contributed by atoms with Crippen LogP contribution >= 0.6 is 0 Å². The standard InChI is InChI=1S/C16H24N2O6/c19-13(7-9-15(21)22)17-11-5-3-1-2-4-6-12-18-14(20)8-10-16(23)24/h7-10H,1-6,11-12H2,(H,17,19)(H,18,20)(H,21,22)(H,23,24). The Hall–Kier alpha value is -2.64. The molecular formula is C16H24N2O6. The molecule has 0 bridgehead atoms. The van der Waals surface area contributed by atoms with Crippen molar-refractivity contribution in [3.05, 3.63) is 24.3 Å². The Labute approximate surface area is 140 Å². The Balaban J connectivity index is 3.40. The zero-order chi connectivity index (χ0) is 18.2. The quantitative estimate of drug-likeness (QED) is 0.290. The van der Waals surface area contributed by atoms with Gasteiger partial charge in [0, 0.05) is 37.4 Å². The highest BCUT2D eigenvalue weighted by Gasteiger charge is 1.98. The van der Waals surface area contributed by atoms with Crippen LogP contribution in [0.5, 0.6) is 0 Å². The van der Waals surface area contributed by atoms with Crippen LogP contribution in [0.1, 0.15) is 38.5 Å². The van der Waals surface area contributed by atoms with Gasteiger partial charge >= 0.3 is 11.9 Å². The smallest absolute Gasteiger partial charge is 0.328 e. The molecule has 0 aromatic carbocycles. The fraction of sp³-hybridized carbons (Fsp3) is 0.500. The number of rotatable bonds is 13. The van der Waals surface area contributed by atoms with Gasteiger partial charge in [0.2, 0.25) is 11.8 Å². The number of hydrogen-bond acceptors (Lipinski definition) is 4. The van der Waals surface area contributed by atoms with E-state index in [4.69, 9.17) is 10.2 Å². The average Bonchev–Trinajstić information content (AvgIpc) is 2.52. The summed E-state index contributed by atoms with van der Waals surface area (Å²) in [4.78, 5) is 42.7. The number of carboxylic acids is 2. The van der Waals surface area contributed by atoms with Crippen LogP contribution in [0.15, 0.2) is 24.3 Å². The van der Waals surface area contributed by atoms with Crippen molar-refractivity contribution in [2.24, 2.45) is 0 Å². The van der Waals surface area contributed by atoms with Crippen molar-refractivity contribution >= 4 is 23.8 Å². The van der Waals surface area contributed by atoms with E-state index in [1.807, 2.05) is 0 Å². The fourth-order valence-corrected chi connectivity index (χ4v) is 1.79. The van der Waals surface area contributed by atoms with E-state index in [1.165, 1.54) is 0 Å². The summed E-state index contributed by atoms with van der Waals surface area (Å²) in [7, 11) is 0. The summed E-state index contributed by atoms with van der Waals surface area (Å²) in [5.74, 6) is -3.13. The minimum atomic E-state index is -1.15. The molecule has 0 aliphatic carbocycles. The molecule has 0 atom stereocenters. The molecule has 24 heavy (non-hydrogen) atoms. The van der Waals surface area contributed by atoms with E-state index in [9.17, 15) is 19.2 Å². The molecule has 0 aromatic heterocycles. The number of unbranched alkanes of at least 4 members (excludes halogenated alkanes) is 5. The van der Waals surface area contributed by atoms with E-state index < -0.39 is 23.8 Å². The summed E-state index contributed by atoms with van der Waals surface area (Å²) >= 11 is 0. The lowest BCUT2D eigenvalue weighted by atomic mass is 10.1. The summed E-state index contributed by atoms with van der Waals surface area (Å²) in [5, 5.41) is 21.9. The van der Waals surface area contributed by atoms with Gasteiger partial charge in [-0.25, -0.2) is 9.59 Å². The Morgan fingerprint density at radius 2 is 0.917 bits per heavy atom. The van der Waals surface area contributed by atoms with Crippen molar-refractivity contribution in [2.75, 3.05) is 13.1 Å². The second kappa shape index (κ2) is 14.0. The van der Waals surface area contributed by atoms with Gasteiger partial charge in [0.25, 0.3) is 0 Å². The van der Waals surface area contributed by atoms with Crippen LogP contribution in [0.25, 0.3) is 0 Å². The molecule has 4 N–H and O–H groups in total. The van der Waals surface area contributed by atoms with Crippen molar-refractivity contribution in [2.45, 2.75) is 38.5 Å². The first-order chi connectivity index (χ1) is 11.4. The molecule has 0 aromatic rings. The van der Waals surface area contributed by atoms with Crippen molar-refractivity contribution in [3.8, 4) is 0 Å². The van der Waals surface area contributed by atoms with E-state index in [2.05, 4.69) is 10.6 Å². The Bertz CT molecular complexity index is 441. The topological polar surface area (TPSA) is 133 Å². The van der Waals surface area contributed by atoms with Crippen LogP contribution in [0.2, 0.25) is 0 Å². The van der Waals surface area contributed by atoms with Gasteiger partial charge in [-0.15, -0.1) is 0 Å². The number of carboxylic acid groups (broad SMARTS) is 2. The lowest BCUT2D eigenvalue weighted by molar-refractivity contribution is -0.132. The van der Waals surface area contributed by atoms with Gasteiger partial charge in [-0.05, 0) is 12.8 Å². The van der Waals surface area contributed by atoms with Gasteiger partial charge < -0.3 is 20.8 Å². The number of aliphatic carboxylic acids is 2. The fourth-order valence-electron chi connectivity index (χ4n) is 1.79. The minimum Gasteiger partial charge on any atom is -0.478 e. The molecule has 0 rings (SSSR count). The minimum absolute atomic E-state index is 0.412. The SMILES string of the molecule is O=C(O)C=CC(=O)NCCCCCCCCNC(=O)C=CC(=O)O. The van der Waals surface area contributed by atoms with E-state index >= 15 is 0 Å². The van der Waals surface area contributed by atoms with Gasteiger partial charge in [0.15, 0.2) is 0 Å². The first-order valence-electron chi connectivity index (χ1n) is 7.79. The lowest BCUT2D eigenvalue weighted by Crippen LogP contribution is -2.22. The van der Waals surface area contributed by atoms with Crippen LogP contribution in [-0.4, -0.2) is 47.1 Å². The van der Waals surface area contributed by atoms with E-state index in [0.29, 0.717) is 13.1 Å². The van der Waals surface area contributed by atoms with Crippen molar-refractivity contribution < 1.29 is 29.4 Å². The Kier molecular flexibility index (Phi) is 12.4. The number of amides is 2. The number of carbonyl (C=O) groups is 4. The van der Waals surface area contributed by atoms with Crippen LogP contribution in [0.3, 0.4) is 0 Å². The summed E-state index contributed by atoms with van der Waals surface area (Å²) < 4.78 is 0. The second-order valence-electron chi connectivity index (χ2n) is 5.05. The molecule has 0 radical (unpaired) electrons. The van der Waals surface area contributed by atoms with Crippen LogP contribution < -0.4 is 10.6 Å². The van der Waals surface area contributed by atoms with Crippen LogP contribution in [0.4, 0.5) is 0 Å². The van der Waals surface area contributed by atoms with Crippen molar-refractivity contribution in [3.63, 3.8) is 0 Å². The molecular weight excluding hydrogens is 316 g/mol. The largest absolute Gasteiger partial charge is 0.478 e. The third-order valence-corrected chi connectivity index (χ3v) is 2.96. The van der Waals surface area contributed by atoms with Gasteiger partial charge in [-0.2, -0.15) is 0 Å². The van der Waals surface area contributed by atoms with Gasteiger partial charge in [-0.1, -0.05) is 25.7 Å². The first-order valence-corrected chi connectivity index (χ1v) is 7.79. The molecule has 0 spiro atoms. The third kappa shape index (κ3) is 15.7. The highest BCUT2D eigenvalue weighted by Crippen LogP contribution is 2.04. The molecule has 0 saturated heterocycles. The van der Waals surface area contributed by atoms with Gasteiger partial charge in [0.05, 0.1) is 0 Å². The molecule has 134 valence electrons.